The number of rotatable bonds is 1. The van der Waals surface area contributed by atoms with Gasteiger partial charge in [0.1, 0.15) is 0 Å². The lowest BCUT2D eigenvalue weighted by Crippen LogP contribution is -2.55. The van der Waals surface area contributed by atoms with Crippen LogP contribution in [0.25, 0.3) is 0 Å². The topological polar surface area (TPSA) is 29.5 Å². The fourth-order valence-electron chi connectivity index (χ4n) is 1.66. The summed E-state index contributed by atoms with van der Waals surface area (Å²) in [7, 11) is 0. The van der Waals surface area contributed by atoms with E-state index < -0.39 is 0 Å². The molecule has 1 saturated heterocycles. The van der Waals surface area contributed by atoms with Gasteiger partial charge in [-0.05, 0) is 26.8 Å². The average Bonchev–Trinajstić information content (AvgIpc) is 2.12. The second-order valence-electron chi connectivity index (χ2n) is 3.58. The summed E-state index contributed by atoms with van der Waals surface area (Å²) in [5.74, 6) is -0.00449. The molecule has 0 aliphatic carbocycles. The lowest BCUT2D eigenvalue weighted by atomic mass is 10.1. The molecular formula is C10H17NO2. The van der Waals surface area contributed by atoms with Gasteiger partial charge in [-0.2, -0.15) is 0 Å². The van der Waals surface area contributed by atoms with Crippen molar-refractivity contribution in [3.05, 3.63) is 12.7 Å². The van der Waals surface area contributed by atoms with Gasteiger partial charge in [-0.3, -0.25) is 4.79 Å². The quantitative estimate of drug-likeness (QED) is 0.572. The van der Waals surface area contributed by atoms with E-state index in [-0.39, 0.29) is 24.1 Å². The van der Waals surface area contributed by atoms with Crippen molar-refractivity contribution < 1.29 is 9.53 Å². The standard InChI is InChI=1S/C10H17NO2/c1-5-10(12)11-7(2)6-13-9(4)8(11)3/h5,7-9H,1,6H2,2-4H3. The minimum atomic E-state index is -0.00449. The van der Waals surface area contributed by atoms with Crippen molar-refractivity contribution >= 4 is 5.91 Å². The Labute approximate surface area is 79.4 Å². The molecule has 13 heavy (non-hydrogen) atoms. The van der Waals surface area contributed by atoms with Gasteiger partial charge in [0.05, 0.1) is 24.8 Å². The zero-order chi connectivity index (χ0) is 10.0. The Balaban J connectivity index is 2.77. The molecule has 3 unspecified atom stereocenters. The summed E-state index contributed by atoms with van der Waals surface area (Å²) in [5, 5.41) is 0. The van der Waals surface area contributed by atoms with Crippen LogP contribution in [0.2, 0.25) is 0 Å². The fraction of sp³-hybridized carbons (Fsp3) is 0.700. The van der Waals surface area contributed by atoms with Crippen molar-refractivity contribution in [2.24, 2.45) is 0 Å². The van der Waals surface area contributed by atoms with E-state index in [1.54, 1.807) is 0 Å². The van der Waals surface area contributed by atoms with E-state index in [0.717, 1.165) is 0 Å². The molecule has 1 aliphatic heterocycles. The normalized spacial score (nSPS) is 34.4. The van der Waals surface area contributed by atoms with Crippen LogP contribution in [0.5, 0.6) is 0 Å². The van der Waals surface area contributed by atoms with Crippen molar-refractivity contribution in [1.29, 1.82) is 0 Å². The van der Waals surface area contributed by atoms with E-state index in [2.05, 4.69) is 6.58 Å². The van der Waals surface area contributed by atoms with Crippen LogP contribution in [0, 0.1) is 0 Å². The van der Waals surface area contributed by atoms with E-state index in [0.29, 0.717) is 6.61 Å². The molecule has 0 N–H and O–H groups in total. The van der Waals surface area contributed by atoms with Crippen LogP contribution in [0.4, 0.5) is 0 Å². The number of hydrogen-bond acceptors (Lipinski definition) is 2. The number of carbonyl (C=O) groups excluding carboxylic acids is 1. The van der Waals surface area contributed by atoms with Crippen LogP contribution in [0.3, 0.4) is 0 Å². The smallest absolute Gasteiger partial charge is 0.246 e. The number of carbonyl (C=O) groups is 1. The van der Waals surface area contributed by atoms with Gasteiger partial charge in [-0.25, -0.2) is 0 Å². The van der Waals surface area contributed by atoms with Gasteiger partial charge in [0.25, 0.3) is 0 Å². The number of ether oxygens (including phenoxy) is 1. The first-order valence-corrected chi connectivity index (χ1v) is 4.64. The first-order valence-electron chi connectivity index (χ1n) is 4.64. The van der Waals surface area contributed by atoms with Crippen molar-refractivity contribution in [3.63, 3.8) is 0 Å². The highest BCUT2D eigenvalue weighted by Gasteiger charge is 2.32. The van der Waals surface area contributed by atoms with Gasteiger partial charge in [0, 0.05) is 0 Å². The molecule has 3 nitrogen and oxygen atoms in total. The van der Waals surface area contributed by atoms with Gasteiger partial charge < -0.3 is 9.64 Å². The second-order valence-corrected chi connectivity index (χ2v) is 3.58. The Hall–Kier alpha value is -0.830. The minimum Gasteiger partial charge on any atom is -0.374 e. The van der Waals surface area contributed by atoms with Gasteiger partial charge >= 0.3 is 0 Å². The molecule has 0 aromatic heterocycles. The molecule has 0 saturated carbocycles. The Bertz CT molecular complexity index is 215. The van der Waals surface area contributed by atoms with Gasteiger partial charge in [-0.15, -0.1) is 0 Å². The predicted octanol–water partition coefficient (Wildman–Crippen LogP) is 1.20. The Morgan fingerprint density at radius 3 is 2.69 bits per heavy atom. The molecule has 1 rings (SSSR count). The molecule has 0 aromatic carbocycles. The zero-order valence-corrected chi connectivity index (χ0v) is 8.49. The predicted molar refractivity (Wildman–Crippen MR) is 51.4 cm³/mol. The maximum atomic E-state index is 11.5. The molecule has 0 spiro atoms. The second kappa shape index (κ2) is 3.92. The third-order valence-corrected chi connectivity index (χ3v) is 2.62. The minimum absolute atomic E-state index is 0.00449. The van der Waals surface area contributed by atoms with Gasteiger partial charge in [0.2, 0.25) is 5.91 Å². The first-order chi connectivity index (χ1) is 6.07. The van der Waals surface area contributed by atoms with E-state index in [4.69, 9.17) is 4.74 Å². The summed E-state index contributed by atoms with van der Waals surface area (Å²) in [5.41, 5.74) is 0. The largest absolute Gasteiger partial charge is 0.374 e. The van der Waals surface area contributed by atoms with Crippen molar-refractivity contribution in [3.8, 4) is 0 Å². The molecule has 74 valence electrons. The van der Waals surface area contributed by atoms with E-state index in [1.165, 1.54) is 6.08 Å². The Morgan fingerprint density at radius 1 is 1.54 bits per heavy atom. The van der Waals surface area contributed by atoms with E-state index in [1.807, 2.05) is 25.7 Å². The monoisotopic (exact) mass is 183 g/mol. The number of nitrogens with zero attached hydrogens (tertiary/aromatic N) is 1. The van der Waals surface area contributed by atoms with Crippen LogP contribution in [0.15, 0.2) is 12.7 Å². The van der Waals surface area contributed by atoms with Crippen LogP contribution in [-0.2, 0) is 9.53 Å². The lowest BCUT2D eigenvalue weighted by molar-refractivity contribution is -0.145. The molecule has 1 amide bonds. The van der Waals surface area contributed by atoms with Crippen LogP contribution >= 0.6 is 0 Å². The van der Waals surface area contributed by atoms with Crippen molar-refractivity contribution in [2.45, 2.75) is 39.0 Å². The zero-order valence-electron chi connectivity index (χ0n) is 8.49. The number of amides is 1. The SMILES string of the molecule is C=CC(=O)N1C(C)COC(C)C1C. The molecule has 0 radical (unpaired) electrons. The lowest BCUT2D eigenvalue weighted by Gasteiger charge is -2.42. The van der Waals surface area contributed by atoms with Crippen LogP contribution < -0.4 is 0 Å². The maximum absolute atomic E-state index is 11.5. The maximum Gasteiger partial charge on any atom is 0.246 e. The fourth-order valence-corrected chi connectivity index (χ4v) is 1.66. The van der Waals surface area contributed by atoms with Crippen LogP contribution in [-0.4, -0.2) is 35.6 Å². The third kappa shape index (κ3) is 1.91. The molecule has 1 fully saturated rings. The summed E-state index contributed by atoms with van der Waals surface area (Å²) < 4.78 is 5.50. The number of morpholine rings is 1. The highest BCUT2D eigenvalue weighted by molar-refractivity contribution is 5.87. The van der Waals surface area contributed by atoms with Crippen molar-refractivity contribution in [2.75, 3.05) is 6.61 Å². The summed E-state index contributed by atoms with van der Waals surface area (Å²) in [6, 6.07) is 0.283. The summed E-state index contributed by atoms with van der Waals surface area (Å²) >= 11 is 0. The average molecular weight is 183 g/mol. The van der Waals surface area contributed by atoms with Crippen LogP contribution in [0.1, 0.15) is 20.8 Å². The third-order valence-electron chi connectivity index (χ3n) is 2.62. The van der Waals surface area contributed by atoms with Gasteiger partial charge in [-0.1, -0.05) is 6.58 Å². The molecule has 3 heteroatoms. The molecule has 1 heterocycles. The van der Waals surface area contributed by atoms with E-state index >= 15 is 0 Å². The molecule has 0 aromatic rings. The molecular weight excluding hydrogens is 166 g/mol. The number of hydrogen-bond donors (Lipinski definition) is 0. The molecule has 0 bridgehead atoms. The molecule has 3 atom stereocenters. The molecule has 1 aliphatic rings. The van der Waals surface area contributed by atoms with E-state index in [9.17, 15) is 4.79 Å². The Kier molecular flexibility index (Phi) is 3.09. The summed E-state index contributed by atoms with van der Waals surface area (Å²) in [6.07, 6.45) is 1.48. The van der Waals surface area contributed by atoms with Crippen molar-refractivity contribution in [1.82, 2.24) is 4.90 Å². The summed E-state index contributed by atoms with van der Waals surface area (Å²) in [4.78, 5) is 13.3. The highest BCUT2D eigenvalue weighted by atomic mass is 16.5. The highest BCUT2D eigenvalue weighted by Crippen LogP contribution is 2.18. The van der Waals surface area contributed by atoms with Gasteiger partial charge in [0.15, 0.2) is 0 Å². The Morgan fingerprint density at radius 2 is 2.15 bits per heavy atom. The summed E-state index contributed by atoms with van der Waals surface area (Å²) in [6.45, 7) is 10.1. The first kappa shape index (κ1) is 10.3.